The smallest absolute Gasteiger partial charge is 0.191 e. The Balaban J connectivity index is 1.24. The molecule has 2 fully saturated rings. The molecule has 2 aliphatic rings. The van der Waals surface area contributed by atoms with E-state index < -0.39 is 0 Å². The molecular formula is C25H35FN6. The van der Waals surface area contributed by atoms with Crippen LogP contribution in [0.15, 0.2) is 47.6 Å². The van der Waals surface area contributed by atoms with E-state index in [1.807, 2.05) is 4.90 Å². The fourth-order valence-electron chi connectivity index (χ4n) is 4.64. The molecule has 172 valence electrons. The molecule has 2 atom stereocenters. The van der Waals surface area contributed by atoms with E-state index in [1.165, 1.54) is 43.0 Å². The summed E-state index contributed by atoms with van der Waals surface area (Å²) >= 11 is 0. The topological polar surface area (TPSA) is 55.8 Å². The maximum atomic E-state index is 14.0. The van der Waals surface area contributed by atoms with Crippen molar-refractivity contribution >= 4 is 11.8 Å². The first-order valence-corrected chi connectivity index (χ1v) is 11.8. The zero-order valence-electron chi connectivity index (χ0n) is 19.2. The van der Waals surface area contributed by atoms with Crippen LogP contribution in [0.4, 0.5) is 10.2 Å². The van der Waals surface area contributed by atoms with Gasteiger partial charge in [-0.2, -0.15) is 0 Å². The summed E-state index contributed by atoms with van der Waals surface area (Å²) in [5, 5.41) is 6.87. The number of guanidine groups is 1. The first-order valence-electron chi connectivity index (χ1n) is 11.8. The molecule has 4 rings (SSSR count). The Labute approximate surface area is 190 Å². The van der Waals surface area contributed by atoms with Crippen LogP contribution in [-0.2, 0) is 13.1 Å². The number of hydrogen-bond donors (Lipinski definition) is 2. The highest BCUT2D eigenvalue weighted by Gasteiger charge is 2.26. The van der Waals surface area contributed by atoms with Gasteiger partial charge in [0.05, 0.1) is 0 Å². The maximum absolute atomic E-state index is 14.0. The Morgan fingerprint density at radius 1 is 1.12 bits per heavy atom. The van der Waals surface area contributed by atoms with Gasteiger partial charge in [0, 0.05) is 51.5 Å². The standard InChI is InChI=1S/C25H35FN6/c1-19-6-3-4-14-31(19)17-21-10-8-20(9-11-21)16-29-25(27-2)30-22-12-15-32(18-22)24-23(26)7-5-13-28-24/h5,7-11,13,19,22H,3-4,6,12,14-18H2,1-2H3,(H2,27,29,30). The van der Waals surface area contributed by atoms with E-state index in [9.17, 15) is 4.39 Å². The quantitative estimate of drug-likeness (QED) is 0.534. The van der Waals surface area contributed by atoms with Crippen molar-refractivity contribution in [1.82, 2.24) is 20.5 Å². The fourth-order valence-corrected chi connectivity index (χ4v) is 4.64. The molecule has 2 N–H and O–H groups in total. The monoisotopic (exact) mass is 438 g/mol. The van der Waals surface area contributed by atoms with Crippen molar-refractivity contribution in [2.75, 3.05) is 31.6 Å². The zero-order valence-corrected chi connectivity index (χ0v) is 19.2. The number of rotatable bonds is 6. The molecule has 0 bridgehead atoms. The molecule has 0 aliphatic carbocycles. The first kappa shape index (κ1) is 22.5. The van der Waals surface area contributed by atoms with Crippen molar-refractivity contribution in [2.24, 2.45) is 4.99 Å². The molecule has 0 spiro atoms. The average molecular weight is 439 g/mol. The predicted octanol–water partition coefficient (Wildman–Crippen LogP) is 3.54. The van der Waals surface area contributed by atoms with Gasteiger partial charge in [-0.05, 0) is 56.0 Å². The second kappa shape index (κ2) is 10.8. The Bertz CT molecular complexity index is 900. The number of aromatic nitrogens is 1. The van der Waals surface area contributed by atoms with Crippen LogP contribution in [0.5, 0.6) is 0 Å². The second-order valence-electron chi connectivity index (χ2n) is 8.94. The van der Waals surface area contributed by atoms with Crippen LogP contribution in [0.25, 0.3) is 0 Å². The van der Waals surface area contributed by atoms with Crippen LogP contribution in [0, 0.1) is 5.82 Å². The third-order valence-corrected chi connectivity index (χ3v) is 6.60. The summed E-state index contributed by atoms with van der Waals surface area (Å²) in [6, 6.07) is 12.8. The number of hydrogen-bond acceptors (Lipinski definition) is 4. The number of nitrogens with one attached hydrogen (secondary N) is 2. The van der Waals surface area contributed by atoms with Crippen molar-refractivity contribution in [3.05, 3.63) is 59.5 Å². The number of pyridine rings is 1. The van der Waals surface area contributed by atoms with Gasteiger partial charge in [-0.3, -0.25) is 9.89 Å². The number of likely N-dealkylation sites (tertiary alicyclic amines) is 1. The van der Waals surface area contributed by atoms with E-state index in [4.69, 9.17) is 0 Å². The average Bonchev–Trinajstić information content (AvgIpc) is 3.27. The van der Waals surface area contributed by atoms with Gasteiger partial charge in [-0.1, -0.05) is 30.7 Å². The predicted molar refractivity (Wildman–Crippen MR) is 128 cm³/mol. The number of piperidine rings is 1. The molecule has 2 aliphatic heterocycles. The summed E-state index contributed by atoms with van der Waals surface area (Å²) in [5.74, 6) is 0.928. The van der Waals surface area contributed by atoms with Crippen molar-refractivity contribution in [1.29, 1.82) is 0 Å². The molecule has 0 saturated carbocycles. The van der Waals surface area contributed by atoms with Gasteiger partial charge in [-0.25, -0.2) is 9.37 Å². The van der Waals surface area contributed by atoms with E-state index >= 15 is 0 Å². The Kier molecular flexibility index (Phi) is 7.58. The normalized spacial score (nSPS) is 22.2. The lowest BCUT2D eigenvalue weighted by Gasteiger charge is -2.33. The van der Waals surface area contributed by atoms with Crippen molar-refractivity contribution in [3.63, 3.8) is 0 Å². The highest BCUT2D eigenvalue weighted by atomic mass is 19.1. The van der Waals surface area contributed by atoms with Crippen molar-refractivity contribution in [3.8, 4) is 0 Å². The van der Waals surface area contributed by atoms with E-state index in [2.05, 4.69) is 56.7 Å². The van der Waals surface area contributed by atoms with E-state index in [0.717, 1.165) is 25.5 Å². The highest BCUT2D eigenvalue weighted by Crippen LogP contribution is 2.21. The van der Waals surface area contributed by atoms with Gasteiger partial charge < -0.3 is 15.5 Å². The molecule has 1 aromatic heterocycles. The van der Waals surface area contributed by atoms with Crippen LogP contribution < -0.4 is 15.5 Å². The molecule has 0 amide bonds. The van der Waals surface area contributed by atoms with Crippen LogP contribution in [0.2, 0.25) is 0 Å². The highest BCUT2D eigenvalue weighted by molar-refractivity contribution is 5.80. The number of halogens is 1. The number of aliphatic imine (C=N–C) groups is 1. The van der Waals surface area contributed by atoms with Crippen molar-refractivity contribution < 1.29 is 4.39 Å². The summed E-state index contributed by atoms with van der Waals surface area (Å²) in [4.78, 5) is 13.1. The minimum absolute atomic E-state index is 0.205. The summed E-state index contributed by atoms with van der Waals surface area (Å²) < 4.78 is 14.0. The maximum Gasteiger partial charge on any atom is 0.191 e. The van der Waals surface area contributed by atoms with Gasteiger partial charge in [0.15, 0.2) is 17.6 Å². The summed E-state index contributed by atoms with van der Waals surface area (Å²) in [6.07, 6.45) is 6.53. The molecule has 6 nitrogen and oxygen atoms in total. The van der Waals surface area contributed by atoms with Crippen LogP contribution in [0.3, 0.4) is 0 Å². The second-order valence-corrected chi connectivity index (χ2v) is 8.94. The molecule has 3 heterocycles. The van der Waals surface area contributed by atoms with Crippen LogP contribution in [0.1, 0.15) is 43.7 Å². The Morgan fingerprint density at radius 3 is 2.69 bits per heavy atom. The fraction of sp³-hybridized carbons (Fsp3) is 0.520. The van der Waals surface area contributed by atoms with E-state index in [-0.39, 0.29) is 11.9 Å². The SMILES string of the molecule is CN=C(NCc1ccc(CN2CCCCC2C)cc1)NC1CCN(c2ncccc2F)C1. The zero-order chi connectivity index (χ0) is 22.3. The molecule has 7 heteroatoms. The third kappa shape index (κ3) is 5.76. The molecular weight excluding hydrogens is 403 g/mol. The van der Waals surface area contributed by atoms with Gasteiger partial charge in [0.25, 0.3) is 0 Å². The Hall–Kier alpha value is -2.67. The number of nitrogens with zero attached hydrogens (tertiary/aromatic N) is 4. The molecule has 32 heavy (non-hydrogen) atoms. The van der Waals surface area contributed by atoms with Crippen molar-refractivity contribution in [2.45, 2.75) is 57.8 Å². The van der Waals surface area contributed by atoms with E-state index in [1.54, 1.807) is 19.3 Å². The summed E-state index contributed by atoms with van der Waals surface area (Å²) in [7, 11) is 1.78. The molecule has 1 aromatic carbocycles. The molecule has 2 unspecified atom stereocenters. The Morgan fingerprint density at radius 2 is 1.94 bits per heavy atom. The van der Waals surface area contributed by atoms with Crippen LogP contribution in [-0.4, -0.2) is 54.6 Å². The molecule has 2 aromatic rings. The van der Waals surface area contributed by atoms with Gasteiger partial charge in [0.2, 0.25) is 0 Å². The third-order valence-electron chi connectivity index (χ3n) is 6.60. The van der Waals surface area contributed by atoms with Crippen LogP contribution >= 0.6 is 0 Å². The van der Waals surface area contributed by atoms with Gasteiger partial charge >= 0.3 is 0 Å². The van der Waals surface area contributed by atoms with Gasteiger partial charge in [0.1, 0.15) is 0 Å². The van der Waals surface area contributed by atoms with E-state index in [0.29, 0.717) is 24.9 Å². The lowest BCUT2D eigenvalue weighted by Crippen LogP contribution is -2.44. The minimum Gasteiger partial charge on any atom is -0.352 e. The minimum atomic E-state index is -0.270. The largest absolute Gasteiger partial charge is 0.352 e. The number of anilines is 1. The molecule has 2 saturated heterocycles. The first-order chi connectivity index (χ1) is 15.6. The number of benzene rings is 1. The van der Waals surface area contributed by atoms with Gasteiger partial charge in [-0.15, -0.1) is 0 Å². The lowest BCUT2D eigenvalue weighted by atomic mass is 10.0. The molecule has 0 radical (unpaired) electrons. The lowest BCUT2D eigenvalue weighted by molar-refractivity contribution is 0.152. The summed E-state index contributed by atoms with van der Waals surface area (Å²) in [6.45, 7) is 6.78. The summed E-state index contributed by atoms with van der Waals surface area (Å²) in [5.41, 5.74) is 2.60.